The number of nitrogens with one attached hydrogen (secondary N) is 1. The van der Waals surface area contributed by atoms with Gasteiger partial charge in [-0.15, -0.1) is 12.4 Å². The van der Waals surface area contributed by atoms with E-state index in [2.05, 4.69) is 41.5 Å². The fourth-order valence-corrected chi connectivity index (χ4v) is 2.31. The van der Waals surface area contributed by atoms with Gasteiger partial charge in [0.1, 0.15) is 0 Å². The number of hydrogen-bond acceptors (Lipinski definition) is 2. The van der Waals surface area contributed by atoms with Gasteiger partial charge < -0.3 is 5.32 Å². The van der Waals surface area contributed by atoms with Gasteiger partial charge in [-0.05, 0) is 36.9 Å². The molecule has 2 nitrogen and oxygen atoms in total. The van der Waals surface area contributed by atoms with E-state index in [4.69, 9.17) is 0 Å². The highest BCUT2D eigenvalue weighted by molar-refractivity contribution is 5.85. The Kier molecular flexibility index (Phi) is 4.08. The van der Waals surface area contributed by atoms with Gasteiger partial charge in [-0.25, -0.2) is 0 Å². The van der Waals surface area contributed by atoms with Crippen LogP contribution < -0.4 is 5.32 Å². The standard InChI is InChI=1S/C14H20N2.ClH/c1-16(14-8-15-9-14)10-11-2-4-12(5-3-11)13-6-7-13;/h2-5,13-15H,6-10H2,1H3;1H. The summed E-state index contributed by atoms with van der Waals surface area (Å²) >= 11 is 0. The number of nitrogens with zero attached hydrogens (tertiary/aromatic N) is 1. The molecule has 1 saturated carbocycles. The highest BCUT2D eigenvalue weighted by Gasteiger charge is 2.23. The van der Waals surface area contributed by atoms with Crippen molar-refractivity contribution in [3.05, 3.63) is 35.4 Å². The Labute approximate surface area is 110 Å². The lowest BCUT2D eigenvalue weighted by atomic mass is 10.1. The molecule has 0 unspecified atom stereocenters. The van der Waals surface area contributed by atoms with Gasteiger partial charge in [0.15, 0.2) is 0 Å². The third-order valence-corrected chi connectivity index (χ3v) is 3.84. The molecule has 94 valence electrons. The Bertz CT molecular complexity index is 355. The van der Waals surface area contributed by atoms with Crippen molar-refractivity contribution < 1.29 is 0 Å². The molecule has 1 aromatic rings. The van der Waals surface area contributed by atoms with E-state index in [1.54, 1.807) is 0 Å². The maximum Gasteiger partial charge on any atom is 0.0345 e. The first-order valence-electron chi connectivity index (χ1n) is 6.33. The molecule has 1 aliphatic carbocycles. The molecule has 0 atom stereocenters. The molecule has 1 N–H and O–H groups in total. The summed E-state index contributed by atoms with van der Waals surface area (Å²) in [4.78, 5) is 2.45. The SMILES string of the molecule is CN(Cc1ccc(C2CC2)cc1)C1CNC1.Cl. The van der Waals surface area contributed by atoms with Gasteiger partial charge in [0.05, 0.1) is 0 Å². The number of hydrogen-bond donors (Lipinski definition) is 1. The van der Waals surface area contributed by atoms with E-state index in [0.717, 1.165) is 31.6 Å². The van der Waals surface area contributed by atoms with Crippen LogP contribution in [0.2, 0.25) is 0 Å². The summed E-state index contributed by atoms with van der Waals surface area (Å²) in [6, 6.07) is 9.98. The van der Waals surface area contributed by atoms with Gasteiger partial charge in [-0.1, -0.05) is 24.3 Å². The minimum absolute atomic E-state index is 0. The minimum atomic E-state index is 0. The summed E-state index contributed by atoms with van der Waals surface area (Å²) in [5, 5.41) is 3.32. The van der Waals surface area contributed by atoms with Crippen LogP contribution in [0.5, 0.6) is 0 Å². The minimum Gasteiger partial charge on any atom is -0.314 e. The van der Waals surface area contributed by atoms with Crippen molar-refractivity contribution >= 4 is 12.4 Å². The van der Waals surface area contributed by atoms with Crippen LogP contribution in [0.1, 0.15) is 29.9 Å². The van der Waals surface area contributed by atoms with Gasteiger partial charge in [0, 0.05) is 25.7 Å². The van der Waals surface area contributed by atoms with E-state index in [0.29, 0.717) is 0 Å². The predicted molar refractivity (Wildman–Crippen MR) is 73.8 cm³/mol. The molecule has 3 heteroatoms. The van der Waals surface area contributed by atoms with Crippen LogP contribution in [0.15, 0.2) is 24.3 Å². The largest absolute Gasteiger partial charge is 0.314 e. The predicted octanol–water partition coefficient (Wildman–Crippen LogP) is 2.39. The summed E-state index contributed by atoms with van der Waals surface area (Å²) < 4.78 is 0. The zero-order valence-electron chi connectivity index (χ0n) is 10.4. The van der Waals surface area contributed by atoms with Gasteiger partial charge in [-0.3, -0.25) is 4.90 Å². The zero-order valence-corrected chi connectivity index (χ0v) is 11.2. The molecule has 3 rings (SSSR count). The summed E-state index contributed by atoms with van der Waals surface area (Å²) in [6.45, 7) is 3.38. The van der Waals surface area contributed by atoms with Crippen molar-refractivity contribution in [2.24, 2.45) is 0 Å². The van der Waals surface area contributed by atoms with Crippen LogP contribution in [-0.4, -0.2) is 31.1 Å². The number of benzene rings is 1. The van der Waals surface area contributed by atoms with Crippen LogP contribution in [0.3, 0.4) is 0 Å². The van der Waals surface area contributed by atoms with E-state index in [9.17, 15) is 0 Å². The fraction of sp³-hybridized carbons (Fsp3) is 0.571. The maximum absolute atomic E-state index is 3.32. The van der Waals surface area contributed by atoms with Gasteiger partial charge >= 0.3 is 0 Å². The second-order valence-corrected chi connectivity index (χ2v) is 5.24. The van der Waals surface area contributed by atoms with Crippen molar-refractivity contribution in [2.45, 2.75) is 31.3 Å². The molecule has 0 amide bonds. The first kappa shape index (κ1) is 12.9. The lowest BCUT2D eigenvalue weighted by Crippen LogP contribution is -2.55. The average Bonchev–Trinajstić information content (AvgIpc) is 2.99. The molecule has 1 saturated heterocycles. The summed E-state index contributed by atoms with van der Waals surface area (Å²) in [5.41, 5.74) is 2.98. The van der Waals surface area contributed by atoms with E-state index < -0.39 is 0 Å². The van der Waals surface area contributed by atoms with Gasteiger partial charge in [0.25, 0.3) is 0 Å². The van der Waals surface area contributed by atoms with Gasteiger partial charge in [-0.2, -0.15) is 0 Å². The third-order valence-electron chi connectivity index (χ3n) is 3.84. The summed E-state index contributed by atoms with van der Waals surface area (Å²) in [6.07, 6.45) is 2.79. The number of rotatable bonds is 4. The Hall–Kier alpha value is -0.570. The van der Waals surface area contributed by atoms with E-state index >= 15 is 0 Å². The Balaban J connectivity index is 0.00000108. The van der Waals surface area contributed by atoms with Crippen molar-refractivity contribution in [2.75, 3.05) is 20.1 Å². The Morgan fingerprint density at radius 2 is 1.82 bits per heavy atom. The lowest BCUT2D eigenvalue weighted by Gasteiger charge is -2.35. The fourth-order valence-electron chi connectivity index (χ4n) is 2.31. The topological polar surface area (TPSA) is 15.3 Å². The van der Waals surface area contributed by atoms with Crippen LogP contribution in [0.25, 0.3) is 0 Å². The summed E-state index contributed by atoms with van der Waals surface area (Å²) in [5.74, 6) is 0.877. The second-order valence-electron chi connectivity index (χ2n) is 5.24. The molecule has 1 aromatic carbocycles. The molecule has 0 aromatic heterocycles. The molecule has 0 bridgehead atoms. The van der Waals surface area contributed by atoms with Crippen molar-refractivity contribution in [1.82, 2.24) is 10.2 Å². The van der Waals surface area contributed by atoms with Crippen molar-refractivity contribution in [3.8, 4) is 0 Å². The van der Waals surface area contributed by atoms with E-state index in [1.807, 2.05) is 0 Å². The Morgan fingerprint density at radius 3 is 2.29 bits per heavy atom. The Morgan fingerprint density at radius 1 is 1.18 bits per heavy atom. The zero-order chi connectivity index (χ0) is 11.0. The first-order valence-corrected chi connectivity index (χ1v) is 6.33. The lowest BCUT2D eigenvalue weighted by molar-refractivity contribution is 0.173. The number of likely N-dealkylation sites (N-methyl/N-ethyl adjacent to an activating group) is 1. The molecular formula is C14H21ClN2. The van der Waals surface area contributed by atoms with Crippen LogP contribution >= 0.6 is 12.4 Å². The highest BCUT2D eigenvalue weighted by Crippen LogP contribution is 2.39. The van der Waals surface area contributed by atoms with E-state index in [1.165, 1.54) is 24.0 Å². The molecular weight excluding hydrogens is 232 g/mol. The average molecular weight is 253 g/mol. The molecule has 0 spiro atoms. The molecule has 2 fully saturated rings. The second kappa shape index (κ2) is 5.38. The van der Waals surface area contributed by atoms with Gasteiger partial charge in [0.2, 0.25) is 0 Å². The maximum atomic E-state index is 3.32. The van der Waals surface area contributed by atoms with Crippen LogP contribution in [-0.2, 0) is 6.54 Å². The quantitative estimate of drug-likeness (QED) is 0.885. The third kappa shape index (κ3) is 3.01. The van der Waals surface area contributed by atoms with Crippen LogP contribution in [0.4, 0.5) is 0 Å². The van der Waals surface area contributed by atoms with Crippen molar-refractivity contribution in [3.63, 3.8) is 0 Å². The molecule has 1 heterocycles. The monoisotopic (exact) mass is 252 g/mol. The number of halogens is 1. The van der Waals surface area contributed by atoms with Crippen LogP contribution in [0, 0.1) is 0 Å². The molecule has 2 aliphatic rings. The molecule has 1 aliphatic heterocycles. The normalized spacial score (nSPS) is 19.9. The first-order chi connectivity index (χ1) is 7.83. The van der Waals surface area contributed by atoms with Crippen molar-refractivity contribution in [1.29, 1.82) is 0 Å². The smallest absolute Gasteiger partial charge is 0.0345 e. The molecule has 0 radical (unpaired) electrons. The molecule has 17 heavy (non-hydrogen) atoms. The van der Waals surface area contributed by atoms with E-state index in [-0.39, 0.29) is 12.4 Å². The highest BCUT2D eigenvalue weighted by atomic mass is 35.5. The summed E-state index contributed by atoms with van der Waals surface area (Å²) in [7, 11) is 2.22.